The number of ether oxygens (including phenoxy) is 1. The molecule has 1 aromatic heterocycles. The van der Waals surface area contributed by atoms with Gasteiger partial charge < -0.3 is 14.6 Å². The van der Waals surface area contributed by atoms with Crippen molar-refractivity contribution in [3.8, 4) is 0 Å². The van der Waals surface area contributed by atoms with Gasteiger partial charge in [0.1, 0.15) is 0 Å². The Hall–Kier alpha value is -2.81. The van der Waals surface area contributed by atoms with E-state index in [1.54, 1.807) is 25.1 Å². The van der Waals surface area contributed by atoms with E-state index >= 15 is 0 Å². The lowest BCUT2D eigenvalue weighted by atomic mass is 10.2. The molecule has 2 amide bonds. The van der Waals surface area contributed by atoms with Gasteiger partial charge in [-0.3, -0.25) is 14.9 Å². The highest BCUT2D eigenvalue weighted by Gasteiger charge is 2.18. The van der Waals surface area contributed by atoms with Crippen LogP contribution in [0.15, 0.2) is 33.7 Å². The second-order valence-electron chi connectivity index (χ2n) is 5.00. The van der Waals surface area contributed by atoms with Crippen molar-refractivity contribution in [1.29, 1.82) is 0 Å². The third-order valence-corrected chi connectivity index (χ3v) is 4.15. The van der Waals surface area contributed by atoms with Crippen molar-refractivity contribution in [1.82, 2.24) is 5.16 Å². The molecule has 2 aromatic rings. The molecule has 0 radical (unpaired) electrons. The highest BCUT2D eigenvalue weighted by Crippen LogP contribution is 2.32. The lowest BCUT2D eigenvalue weighted by Gasteiger charge is -2.16. The van der Waals surface area contributed by atoms with Gasteiger partial charge >= 0.3 is 5.97 Å². The second-order valence-corrected chi connectivity index (χ2v) is 6.02. The van der Waals surface area contributed by atoms with Crippen LogP contribution in [0.2, 0.25) is 0 Å². The minimum atomic E-state index is -0.661. The first-order valence-electron chi connectivity index (χ1n) is 6.98. The number of nitrogens with zero attached hydrogens (tertiary/aromatic N) is 1. The van der Waals surface area contributed by atoms with Gasteiger partial charge in [0.15, 0.2) is 6.61 Å². The summed E-state index contributed by atoms with van der Waals surface area (Å²) in [6.45, 7) is 1.25. The molecule has 0 unspecified atom stereocenters. The number of rotatable bonds is 4. The third-order valence-electron chi connectivity index (χ3n) is 3.07. The van der Waals surface area contributed by atoms with Gasteiger partial charge in [-0.25, -0.2) is 4.79 Å². The van der Waals surface area contributed by atoms with E-state index in [1.807, 2.05) is 0 Å². The highest BCUT2D eigenvalue weighted by atomic mass is 32.2. The van der Waals surface area contributed by atoms with Gasteiger partial charge in [-0.2, -0.15) is 0 Å². The molecule has 0 spiro atoms. The van der Waals surface area contributed by atoms with Crippen molar-refractivity contribution < 1.29 is 23.6 Å². The van der Waals surface area contributed by atoms with Crippen molar-refractivity contribution in [2.75, 3.05) is 23.0 Å². The topological polar surface area (TPSA) is 111 Å². The fraction of sp³-hybridized carbons (Fsp3) is 0.200. The molecule has 1 aliphatic heterocycles. The minimum Gasteiger partial charge on any atom is -0.452 e. The molecule has 3 rings (SSSR count). The number of fused-ring (bicyclic) bond motifs is 1. The van der Waals surface area contributed by atoms with Crippen LogP contribution in [0.1, 0.15) is 16.1 Å². The zero-order valence-corrected chi connectivity index (χ0v) is 13.4. The van der Waals surface area contributed by atoms with Crippen LogP contribution >= 0.6 is 11.8 Å². The minimum absolute atomic E-state index is 0.125. The second kappa shape index (κ2) is 6.75. The van der Waals surface area contributed by atoms with Gasteiger partial charge in [-0.1, -0.05) is 5.16 Å². The van der Waals surface area contributed by atoms with Crippen LogP contribution in [0, 0.1) is 6.92 Å². The number of benzene rings is 1. The number of aryl methyl sites for hydroxylation is 1. The fourth-order valence-electron chi connectivity index (χ4n) is 2.02. The van der Waals surface area contributed by atoms with Crippen LogP contribution in [0.25, 0.3) is 0 Å². The van der Waals surface area contributed by atoms with Crippen LogP contribution in [0.3, 0.4) is 0 Å². The van der Waals surface area contributed by atoms with E-state index < -0.39 is 18.5 Å². The van der Waals surface area contributed by atoms with Crippen molar-refractivity contribution in [2.24, 2.45) is 0 Å². The molecule has 0 bridgehead atoms. The van der Waals surface area contributed by atoms with Crippen molar-refractivity contribution >= 4 is 41.1 Å². The average Bonchev–Trinajstić information content (AvgIpc) is 2.96. The van der Waals surface area contributed by atoms with Gasteiger partial charge in [-0.15, -0.1) is 11.8 Å². The van der Waals surface area contributed by atoms with E-state index in [9.17, 15) is 14.4 Å². The van der Waals surface area contributed by atoms with Gasteiger partial charge in [-0.05, 0) is 25.1 Å². The smallest absolute Gasteiger partial charge is 0.338 e. The number of esters is 1. The summed E-state index contributed by atoms with van der Waals surface area (Å²) in [6.07, 6.45) is 0. The van der Waals surface area contributed by atoms with E-state index in [4.69, 9.17) is 9.26 Å². The Labute approximate surface area is 140 Å². The molecular weight excluding hydrogens is 334 g/mol. The number of hydrogen-bond acceptors (Lipinski definition) is 7. The summed E-state index contributed by atoms with van der Waals surface area (Å²) in [4.78, 5) is 36.0. The summed E-state index contributed by atoms with van der Waals surface area (Å²) >= 11 is 1.39. The van der Waals surface area contributed by atoms with Crippen molar-refractivity contribution in [2.45, 2.75) is 11.8 Å². The number of carbonyl (C=O) groups excluding carboxylic acids is 3. The van der Waals surface area contributed by atoms with Crippen LogP contribution in [0.5, 0.6) is 0 Å². The number of anilines is 2. The number of carbonyl (C=O) groups is 3. The maximum atomic E-state index is 12.0. The van der Waals surface area contributed by atoms with E-state index in [1.165, 1.54) is 17.8 Å². The molecular formula is C15H13N3O5S. The van der Waals surface area contributed by atoms with E-state index in [-0.39, 0.29) is 17.4 Å². The summed E-state index contributed by atoms with van der Waals surface area (Å²) in [5.74, 6) is -0.799. The van der Waals surface area contributed by atoms with Crippen LogP contribution in [0.4, 0.5) is 11.6 Å². The Morgan fingerprint density at radius 2 is 2.25 bits per heavy atom. The molecule has 0 saturated carbocycles. The lowest BCUT2D eigenvalue weighted by molar-refractivity contribution is -0.119. The Kier molecular flexibility index (Phi) is 4.52. The fourth-order valence-corrected chi connectivity index (χ4v) is 2.81. The van der Waals surface area contributed by atoms with Gasteiger partial charge in [0.05, 0.1) is 22.7 Å². The SMILES string of the molecule is Cc1cc(NC(=O)COC(=O)c2ccc3c(c2)NC(=O)CS3)on1. The summed E-state index contributed by atoms with van der Waals surface area (Å²) in [7, 11) is 0. The molecule has 2 heterocycles. The normalized spacial score (nSPS) is 13.0. The monoisotopic (exact) mass is 347 g/mol. The van der Waals surface area contributed by atoms with Crippen LogP contribution in [-0.2, 0) is 14.3 Å². The molecule has 0 aliphatic carbocycles. The highest BCUT2D eigenvalue weighted by molar-refractivity contribution is 8.00. The number of hydrogen-bond donors (Lipinski definition) is 2. The number of aromatic nitrogens is 1. The average molecular weight is 347 g/mol. The molecule has 1 aromatic carbocycles. The maximum Gasteiger partial charge on any atom is 0.338 e. The van der Waals surface area contributed by atoms with Gasteiger partial charge in [0.2, 0.25) is 11.8 Å². The maximum absolute atomic E-state index is 12.0. The lowest BCUT2D eigenvalue weighted by Crippen LogP contribution is -2.21. The zero-order chi connectivity index (χ0) is 17.1. The first-order chi connectivity index (χ1) is 11.5. The number of amides is 2. The largest absolute Gasteiger partial charge is 0.452 e. The molecule has 9 heteroatoms. The van der Waals surface area contributed by atoms with E-state index in [2.05, 4.69) is 15.8 Å². The first kappa shape index (κ1) is 16.1. The summed E-state index contributed by atoms with van der Waals surface area (Å²) in [6, 6.07) is 6.39. The van der Waals surface area contributed by atoms with E-state index in [0.717, 1.165) is 4.90 Å². The summed E-state index contributed by atoms with van der Waals surface area (Å²) in [5.41, 5.74) is 1.43. The van der Waals surface area contributed by atoms with Gasteiger partial charge in [0.25, 0.3) is 5.91 Å². The molecule has 2 N–H and O–H groups in total. The third kappa shape index (κ3) is 3.74. The summed E-state index contributed by atoms with van der Waals surface area (Å²) in [5, 5.41) is 8.73. The number of nitrogens with one attached hydrogen (secondary N) is 2. The van der Waals surface area contributed by atoms with Gasteiger partial charge in [0, 0.05) is 11.0 Å². The standard InChI is InChI=1S/C15H13N3O5S/c1-8-4-14(23-18-8)17-12(19)6-22-15(21)9-2-3-11-10(5-9)16-13(20)7-24-11/h2-5H,6-7H2,1H3,(H,16,20)(H,17,19). The number of thioether (sulfide) groups is 1. The Balaban J connectivity index is 1.58. The molecule has 0 saturated heterocycles. The summed E-state index contributed by atoms with van der Waals surface area (Å²) < 4.78 is 9.79. The molecule has 1 aliphatic rings. The predicted octanol–water partition coefficient (Wildman–Crippen LogP) is 1.82. The van der Waals surface area contributed by atoms with Crippen LogP contribution in [-0.4, -0.2) is 35.3 Å². The Morgan fingerprint density at radius 1 is 1.42 bits per heavy atom. The van der Waals surface area contributed by atoms with Crippen LogP contribution < -0.4 is 10.6 Å². The zero-order valence-electron chi connectivity index (χ0n) is 12.6. The molecule has 24 heavy (non-hydrogen) atoms. The van der Waals surface area contributed by atoms with Crippen molar-refractivity contribution in [3.63, 3.8) is 0 Å². The molecule has 124 valence electrons. The first-order valence-corrected chi connectivity index (χ1v) is 7.97. The predicted molar refractivity (Wildman–Crippen MR) is 85.9 cm³/mol. The van der Waals surface area contributed by atoms with Crippen molar-refractivity contribution in [3.05, 3.63) is 35.5 Å². The Bertz CT molecular complexity index is 817. The molecule has 0 atom stereocenters. The molecule has 0 fully saturated rings. The Morgan fingerprint density at radius 3 is 3.00 bits per heavy atom. The molecule has 8 nitrogen and oxygen atoms in total. The quantitative estimate of drug-likeness (QED) is 0.812. The van der Waals surface area contributed by atoms with E-state index in [0.29, 0.717) is 17.1 Å².